The highest BCUT2D eigenvalue weighted by molar-refractivity contribution is 7.80. The molecule has 6 heteroatoms. The Morgan fingerprint density at radius 2 is 2.12 bits per heavy atom. The van der Waals surface area contributed by atoms with Gasteiger partial charge in [-0.3, -0.25) is 0 Å². The van der Waals surface area contributed by atoms with Gasteiger partial charge in [0.25, 0.3) is 0 Å². The summed E-state index contributed by atoms with van der Waals surface area (Å²) in [7, 11) is 1.45. The quantitative estimate of drug-likeness (QED) is 0.635. The normalized spacial score (nSPS) is 20.4. The lowest BCUT2D eigenvalue weighted by Crippen LogP contribution is -2.45. The number of rotatable bonds is 3. The molecule has 0 unspecified atom stereocenters. The minimum absolute atomic E-state index is 0.245. The maximum absolute atomic E-state index is 12.3. The van der Waals surface area contributed by atoms with Crippen LogP contribution in [-0.2, 0) is 17.6 Å². The predicted molar refractivity (Wildman–Crippen MR) is 103 cm³/mol. The van der Waals surface area contributed by atoms with Crippen LogP contribution in [0.4, 0.5) is 5.00 Å². The van der Waals surface area contributed by atoms with Gasteiger partial charge in [-0.1, -0.05) is 6.92 Å². The van der Waals surface area contributed by atoms with Crippen molar-refractivity contribution in [1.29, 1.82) is 0 Å². The molecule has 0 amide bonds. The first-order chi connectivity index (χ1) is 11.7. The van der Waals surface area contributed by atoms with Crippen LogP contribution < -0.4 is 5.32 Å². The topological polar surface area (TPSA) is 41.6 Å². The van der Waals surface area contributed by atoms with Gasteiger partial charge in [-0.25, -0.2) is 4.79 Å². The van der Waals surface area contributed by atoms with E-state index in [4.69, 9.17) is 17.0 Å². The van der Waals surface area contributed by atoms with Crippen LogP contribution in [0.3, 0.4) is 0 Å². The molecule has 2 heterocycles. The van der Waals surface area contributed by atoms with Gasteiger partial charge in [0.05, 0.1) is 12.7 Å². The fourth-order valence-electron chi connectivity index (χ4n) is 3.83. The first-order valence-corrected chi connectivity index (χ1v) is 10.2. The molecule has 2 aliphatic rings. The average Bonchev–Trinajstić information content (AvgIpc) is 2.98. The number of nitrogens with one attached hydrogen (secondary N) is 1. The molecule has 1 N–H and O–H groups in total. The molecule has 0 saturated carbocycles. The summed E-state index contributed by atoms with van der Waals surface area (Å²) in [5, 5.41) is 5.02. The number of hydrogen-bond acceptors (Lipinski definition) is 4. The van der Waals surface area contributed by atoms with Crippen molar-refractivity contribution in [2.75, 3.05) is 19.0 Å². The number of thiophene rings is 1. The SMILES string of the molecule is CC[C@@H]1CCCCN1C(=S)Nc1sc2c(c1C(=O)OC)CCCC2. The van der Waals surface area contributed by atoms with Crippen molar-refractivity contribution < 1.29 is 9.53 Å². The van der Waals surface area contributed by atoms with Gasteiger partial charge in [-0.05, 0) is 69.1 Å². The summed E-state index contributed by atoms with van der Waals surface area (Å²) >= 11 is 7.37. The summed E-state index contributed by atoms with van der Waals surface area (Å²) in [5.74, 6) is -0.245. The highest BCUT2D eigenvalue weighted by atomic mass is 32.1. The van der Waals surface area contributed by atoms with Crippen molar-refractivity contribution in [3.63, 3.8) is 0 Å². The molecule has 1 fully saturated rings. The largest absolute Gasteiger partial charge is 0.465 e. The van der Waals surface area contributed by atoms with Gasteiger partial charge in [-0.15, -0.1) is 11.3 Å². The molecule has 4 nitrogen and oxygen atoms in total. The van der Waals surface area contributed by atoms with Gasteiger partial charge in [0.2, 0.25) is 0 Å². The zero-order valence-electron chi connectivity index (χ0n) is 14.5. The second kappa shape index (κ2) is 7.83. The van der Waals surface area contributed by atoms with Gasteiger partial charge in [-0.2, -0.15) is 0 Å². The maximum atomic E-state index is 12.3. The first-order valence-electron chi connectivity index (χ1n) is 8.96. The summed E-state index contributed by atoms with van der Waals surface area (Å²) < 4.78 is 5.04. The smallest absolute Gasteiger partial charge is 0.341 e. The van der Waals surface area contributed by atoms with E-state index in [-0.39, 0.29) is 5.97 Å². The Bertz CT molecular complexity index is 627. The summed E-state index contributed by atoms with van der Waals surface area (Å²) in [6.07, 6.45) is 9.12. The lowest BCUT2D eigenvalue weighted by Gasteiger charge is -2.37. The van der Waals surface area contributed by atoms with Crippen molar-refractivity contribution in [1.82, 2.24) is 4.90 Å². The Labute approximate surface area is 153 Å². The molecule has 132 valence electrons. The van der Waals surface area contributed by atoms with Crippen molar-refractivity contribution in [2.24, 2.45) is 0 Å². The Hall–Kier alpha value is -1.14. The molecule has 1 saturated heterocycles. The molecule has 3 rings (SSSR count). The van der Waals surface area contributed by atoms with Crippen LogP contribution in [0.1, 0.15) is 66.2 Å². The number of esters is 1. The van der Waals surface area contributed by atoms with E-state index in [0.29, 0.717) is 11.6 Å². The van der Waals surface area contributed by atoms with E-state index >= 15 is 0 Å². The van der Waals surface area contributed by atoms with Gasteiger partial charge in [0.1, 0.15) is 5.00 Å². The number of carbonyl (C=O) groups is 1. The van der Waals surface area contributed by atoms with E-state index in [1.807, 2.05) is 0 Å². The Morgan fingerprint density at radius 3 is 2.88 bits per heavy atom. The molecular weight excluding hydrogens is 340 g/mol. The van der Waals surface area contributed by atoms with Gasteiger partial charge >= 0.3 is 5.97 Å². The van der Waals surface area contributed by atoms with Crippen LogP contribution in [0, 0.1) is 0 Å². The number of likely N-dealkylation sites (tertiary alicyclic amines) is 1. The van der Waals surface area contributed by atoms with E-state index in [2.05, 4.69) is 17.1 Å². The molecule has 0 radical (unpaired) electrons. The van der Waals surface area contributed by atoms with Gasteiger partial charge < -0.3 is 15.0 Å². The van der Waals surface area contributed by atoms with E-state index in [1.54, 1.807) is 11.3 Å². The zero-order valence-corrected chi connectivity index (χ0v) is 16.2. The third-order valence-corrected chi connectivity index (χ3v) is 6.68. The number of anilines is 1. The number of carbonyl (C=O) groups excluding carboxylic acids is 1. The van der Waals surface area contributed by atoms with Crippen LogP contribution in [0.2, 0.25) is 0 Å². The molecular formula is C18H26N2O2S2. The number of fused-ring (bicyclic) bond motifs is 1. The lowest BCUT2D eigenvalue weighted by atomic mass is 9.95. The molecule has 1 atom stereocenters. The molecule has 24 heavy (non-hydrogen) atoms. The molecule has 0 bridgehead atoms. The molecule has 1 aliphatic carbocycles. The third-order valence-electron chi connectivity index (χ3n) is 5.14. The van der Waals surface area contributed by atoms with Crippen LogP contribution in [0.25, 0.3) is 0 Å². The van der Waals surface area contributed by atoms with Crippen LogP contribution in [-0.4, -0.2) is 35.7 Å². The maximum Gasteiger partial charge on any atom is 0.341 e. The van der Waals surface area contributed by atoms with Crippen molar-refractivity contribution >= 4 is 39.6 Å². The van der Waals surface area contributed by atoms with E-state index in [9.17, 15) is 4.79 Å². The number of aryl methyl sites for hydroxylation is 1. The predicted octanol–water partition coefficient (Wildman–Crippen LogP) is 4.37. The summed E-state index contributed by atoms with van der Waals surface area (Å²) in [6, 6.07) is 0.509. The van der Waals surface area contributed by atoms with E-state index < -0.39 is 0 Å². The van der Waals surface area contributed by atoms with E-state index in [0.717, 1.165) is 42.3 Å². The molecule has 0 spiro atoms. The molecule has 1 aliphatic heterocycles. The Kier molecular flexibility index (Phi) is 5.76. The summed E-state index contributed by atoms with van der Waals surface area (Å²) in [4.78, 5) is 16.0. The number of piperidine rings is 1. The summed E-state index contributed by atoms with van der Waals surface area (Å²) in [6.45, 7) is 3.22. The number of nitrogens with zero attached hydrogens (tertiary/aromatic N) is 1. The van der Waals surface area contributed by atoms with Crippen LogP contribution in [0.15, 0.2) is 0 Å². The fraction of sp³-hybridized carbons (Fsp3) is 0.667. The summed E-state index contributed by atoms with van der Waals surface area (Å²) in [5.41, 5.74) is 1.89. The van der Waals surface area contributed by atoms with Crippen molar-refractivity contribution in [2.45, 2.75) is 64.3 Å². The van der Waals surface area contributed by atoms with Crippen molar-refractivity contribution in [3.8, 4) is 0 Å². The second-order valence-corrected chi connectivity index (χ2v) is 8.08. The highest BCUT2D eigenvalue weighted by Crippen LogP contribution is 2.39. The monoisotopic (exact) mass is 366 g/mol. The Balaban J connectivity index is 1.85. The van der Waals surface area contributed by atoms with Gasteiger partial charge in [0, 0.05) is 17.5 Å². The molecule has 1 aromatic rings. The zero-order chi connectivity index (χ0) is 17.1. The fourth-order valence-corrected chi connectivity index (χ4v) is 5.52. The second-order valence-electron chi connectivity index (χ2n) is 6.59. The lowest BCUT2D eigenvalue weighted by molar-refractivity contribution is 0.0601. The highest BCUT2D eigenvalue weighted by Gasteiger charge is 2.28. The minimum Gasteiger partial charge on any atom is -0.465 e. The van der Waals surface area contributed by atoms with Crippen LogP contribution >= 0.6 is 23.6 Å². The molecule has 1 aromatic heterocycles. The number of hydrogen-bond donors (Lipinski definition) is 1. The number of methoxy groups -OCH3 is 1. The number of ether oxygens (including phenoxy) is 1. The third kappa shape index (κ3) is 3.45. The van der Waals surface area contributed by atoms with E-state index in [1.165, 1.54) is 43.2 Å². The standard InChI is InChI=1S/C18H26N2O2S2/c1-3-12-8-6-7-11-20(12)18(23)19-16-15(17(21)22-2)13-9-4-5-10-14(13)24-16/h12H,3-11H2,1-2H3,(H,19,23)/t12-/m1/s1. The average molecular weight is 367 g/mol. The van der Waals surface area contributed by atoms with Crippen LogP contribution in [0.5, 0.6) is 0 Å². The Morgan fingerprint density at radius 1 is 1.33 bits per heavy atom. The van der Waals surface area contributed by atoms with Crippen molar-refractivity contribution in [3.05, 3.63) is 16.0 Å². The minimum atomic E-state index is -0.245. The molecule has 0 aromatic carbocycles. The first kappa shape index (κ1) is 17.7. The van der Waals surface area contributed by atoms with Gasteiger partial charge in [0.15, 0.2) is 5.11 Å². The number of thiocarbonyl (C=S) groups is 1.